The Labute approximate surface area is 172 Å². The Hall–Kier alpha value is -2.76. The summed E-state index contributed by atoms with van der Waals surface area (Å²) in [6, 6.07) is 10.2. The standard InChI is InChI=1S/C23H28N4O2/c1-17(28)27-14-11-21-20(16-27)15-24-23(25-21)19-9-12-26(13-10-19)22(29)8-7-18-5-3-2-4-6-18/h2-6,15,19H,7-14,16H2,1H3. The normalized spacial score (nSPS) is 17.1. The molecule has 0 N–H and O–H groups in total. The van der Waals surface area contributed by atoms with Crippen molar-refractivity contribution in [2.45, 2.75) is 51.5 Å². The zero-order valence-corrected chi connectivity index (χ0v) is 17.0. The van der Waals surface area contributed by atoms with Crippen LogP contribution >= 0.6 is 0 Å². The van der Waals surface area contributed by atoms with Gasteiger partial charge in [0.15, 0.2) is 0 Å². The van der Waals surface area contributed by atoms with Gasteiger partial charge in [-0.3, -0.25) is 9.59 Å². The third-order valence-electron chi connectivity index (χ3n) is 6.08. The van der Waals surface area contributed by atoms with E-state index in [4.69, 9.17) is 4.98 Å². The van der Waals surface area contributed by atoms with Crippen LogP contribution in [-0.4, -0.2) is 51.2 Å². The predicted molar refractivity (Wildman–Crippen MR) is 110 cm³/mol. The molecule has 6 nitrogen and oxygen atoms in total. The summed E-state index contributed by atoms with van der Waals surface area (Å²) in [7, 11) is 0. The number of benzene rings is 1. The molecule has 3 heterocycles. The second kappa shape index (κ2) is 8.72. The van der Waals surface area contributed by atoms with Crippen LogP contribution < -0.4 is 0 Å². The summed E-state index contributed by atoms with van der Waals surface area (Å²) in [6.07, 6.45) is 5.87. The first kappa shape index (κ1) is 19.6. The van der Waals surface area contributed by atoms with E-state index in [1.165, 1.54) is 5.56 Å². The highest BCUT2D eigenvalue weighted by Gasteiger charge is 2.27. The Morgan fingerprint density at radius 1 is 1.07 bits per heavy atom. The molecule has 0 spiro atoms. The fourth-order valence-electron chi connectivity index (χ4n) is 4.24. The van der Waals surface area contributed by atoms with Crippen molar-refractivity contribution >= 4 is 11.8 Å². The van der Waals surface area contributed by atoms with Gasteiger partial charge in [0.05, 0.1) is 5.69 Å². The summed E-state index contributed by atoms with van der Waals surface area (Å²) in [6.45, 7) is 4.50. The van der Waals surface area contributed by atoms with Crippen LogP contribution in [0, 0.1) is 0 Å². The van der Waals surface area contributed by atoms with Crippen molar-refractivity contribution < 1.29 is 9.59 Å². The Bertz CT molecular complexity index is 876. The SMILES string of the molecule is CC(=O)N1CCc2nc(C3CCN(C(=O)CCc4ccccc4)CC3)ncc2C1. The van der Waals surface area contributed by atoms with Gasteiger partial charge >= 0.3 is 0 Å². The Morgan fingerprint density at radius 3 is 2.55 bits per heavy atom. The number of piperidine rings is 1. The number of amides is 2. The number of hydrogen-bond acceptors (Lipinski definition) is 4. The van der Waals surface area contributed by atoms with Crippen LogP contribution in [0.1, 0.15) is 54.7 Å². The van der Waals surface area contributed by atoms with Crippen molar-refractivity contribution in [3.8, 4) is 0 Å². The number of fused-ring (bicyclic) bond motifs is 1. The van der Waals surface area contributed by atoms with E-state index in [1.807, 2.05) is 34.2 Å². The molecule has 0 saturated carbocycles. The Kier molecular flexibility index (Phi) is 5.88. The first-order valence-corrected chi connectivity index (χ1v) is 10.5. The lowest BCUT2D eigenvalue weighted by Crippen LogP contribution is -2.38. The number of aromatic nitrogens is 2. The number of aryl methyl sites for hydroxylation is 1. The summed E-state index contributed by atoms with van der Waals surface area (Å²) in [5.74, 6) is 1.55. The zero-order chi connectivity index (χ0) is 20.2. The highest BCUT2D eigenvalue weighted by molar-refractivity contribution is 5.76. The fourth-order valence-corrected chi connectivity index (χ4v) is 4.24. The van der Waals surface area contributed by atoms with Gasteiger partial charge in [-0.2, -0.15) is 0 Å². The number of hydrogen-bond donors (Lipinski definition) is 0. The van der Waals surface area contributed by atoms with Gasteiger partial charge < -0.3 is 9.80 Å². The van der Waals surface area contributed by atoms with Gasteiger partial charge in [0.1, 0.15) is 5.82 Å². The maximum atomic E-state index is 12.6. The molecule has 29 heavy (non-hydrogen) atoms. The molecule has 2 aliphatic heterocycles. The van der Waals surface area contributed by atoms with Gasteiger partial charge in [-0.15, -0.1) is 0 Å². The zero-order valence-electron chi connectivity index (χ0n) is 17.0. The molecule has 4 rings (SSSR count). The molecule has 6 heteroatoms. The maximum absolute atomic E-state index is 12.6. The highest BCUT2D eigenvalue weighted by atomic mass is 16.2. The van der Waals surface area contributed by atoms with E-state index >= 15 is 0 Å². The molecule has 152 valence electrons. The van der Waals surface area contributed by atoms with E-state index in [0.29, 0.717) is 18.9 Å². The molecule has 0 unspecified atom stereocenters. The molecule has 0 radical (unpaired) electrons. The Balaban J connectivity index is 1.30. The molecular weight excluding hydrogens is 364 g/mol. The molecule has 1 fully saturated rings. The molecule has 0 bridgehead atoms. The molecule has 1 aromatic carbocycles. The van der Waals surface area contributed by atoms with E-state index in [2.05, 4.69) is 17.1 Å². The second-order valence-electron chi connectivity index (χ2n) is 8.03. The molecule has 1 saturated heterocycles. The summed E-state index contributed by atoms with van der Waals surface area (Å²) in [5, 5.41) is 0. The lowest BCUT2D eigenvalue weighted by atomic mass is 9.95. The molecule has 2 aromatic rings. The lowest BCUT2D eigenvalue weighted by Gasteiger charge is -2.32. The van der Waals surface area contributed by atoms with Crippen molar-refractivity contribution in [2.24, 2.45) is 0 Å². The summed E-state index contributed by atoms with van der Waals surface area (Å²) < 4.78 is 0. The van der Waals surface area contributed by atoms with Crippen molar-refractivity contribution in [3.05, 3.63) is 59.2 Å². The van der Waals surface area contributed by atoms with Crippen LogP contribution in [0.4, 0.5) is 0 Å². The minimum absolute atomic E-state index is 0.101. The van der Waals surface area contributed by atoms with Crippen molar-refractivity contribution in [3.63, 3.8) is 0 Å². The van der Waals surface area contributed by atoms with Gasteiger partial charge in [-0.1, -0.05) is 30.3 Å². The smallest absolute Gasteiger partial charge is 0.222 e. The lowest BCUT2D eigenvalue weighted by molar-refractivity contribution is -0.132. The summed E-state index contributed by atoms with van der Waals surface area (Å²) in [4.78, 5) is 37.4. The van der Waals surface area contributed by atoms with E-state index < -0.39 is 0 Å². The number of nitrogens with zero attached hydrogens (tertiary/aromatic N) is 4. The third kappa shape index (κ3) is 4.63. The van der Waals surface area contributed by atoms with Gasteiger partial charge in [0, 0.05) is 63.6 Å². The number of carbonyl (C=O) groups excluding carboxylic acids is 2. The summed E-state index contributed by atoms with van der Waals surface area (Å²) in [5.41, 5.74) is 3.35. The van der Waals surface area contributed by atoms with Crippen molar-refractivity contribution in [1.29, 1.82) is 0 Å². The molecule has 0 aliphatic carbocycles. The monoisotopic (exact) mass is 392 g/mol. The minimum Gasteiger partial charge on any atom is -0.343 e. The highest BCUT2D eigenvalue weighted by Crippen LogP contribution is 2.27. The number of rotatable bonds is 4. The third-order valence-corrected chi connectivity index (χ3v) is 6.08. The average Bonchev–Trinajstić information content (AvgIpc) is 2.77. The predicted octanol–water partition coefficient (Wildman–Crippen LogP) is 2.72. The van der Waals surface area contributed by atoms with Crippen LogP contribution in [0.3, 0.4) is 0 Å². The van der Waals surface area contributed by atoms with Gasteiger partial charge in [0.2, 0.25) is 11.8 Å². The molecule has 2 aliphatic rings. The van der Waals surface area contributed by atoms with Crippen LogP contribution in [-0.2, 0) is 29.0 Å². The molecule has 0 atom stereocenters. The quantitative estimate of drug-likeness (QED) is 0.802. The van der Waals surface area contributed by atoms with E-state index in [1.54, 1.807) is 6.92 Å². The van der Waals surface area contributed by atoms with Crippen LogP contribution in [0.5, 0.6) is 0 Å². The minimum atomic E-state index is 0.101. The number of likely N-dealkylation sites (tertiary alicyclic amines) is 1. The van der Waals surface area contributed by atoms with Crippen LogP contribution in [0.15, 0.2) is 36.5 Å². The second-order valence-corrected chi connectivity index (χ2v) is 8.03. The topological polar surface area (TPSA) is 66.4 Å². The average molecular weight is 393 g/mol. The number of carbonyl (C=O) groups is 2. The first-order chi connectivity index (χ1) is 14.1. The molecule has 2 amide bonds. The van der Waals surface area contributed by atoms with Crippen LogP contribution in [0.25, 0.3) is 0 Å². The van der Waals surface area contributed by atoms with Gasteiger partial charge in [0.25, 0.3) is 0 Å². The fraction of sp³-hybridized carbons (Fsp3) is 0.478. The van der Waals surface area contributed by atoms with Gasteiger partial charge in [-0.05, 0) is 24.8 Å². The van der Waals surface area contributed by atoms with E-state index in [0.717, 1.165) is 62.4 Å². The largest absolute Gasteiger partial charge is 0.343 e. The Morgan fingerprint density at radius 2 is 1.83 bits per heavy atom. The maximum Gasteiger partial charge on any atom is 0.222 e. The van der Waals surface area contributed by atoms with Crippen molar-refractivity contribution in [1.82, 2.24) is 19.8 Å². The van der Waals surface area contributed by atoms with E-state index in [-0.39, 0.29) is 11.8 Å². The summed E-state index contributed by atoms with van der Waals surface area (Å²) >= 11 is 0. The van der Waals surface area contributed by atoms with Gasteiger partial charge in [-0.25, -0.2) is 9.97 Å². The molecular formula is C23H28N4O2. The van der Waals surface area contributed by atoms with E-state index in [9.17, 15) is 9.59 Å². The molecule has 1 aromatic heterocycles. The van der Waals surface area contributed by atoms with Crippen molar-refractivity contribution in [2.75, 3.05) is 19.6 Å². The van der Waals surface area contributed by atoms with Crippen LogP contribution in [0.2, 0.25) is 0 Å². The first-order valence-electron chi connectivity index (χ1n) is 10.5.